The Labute approximate surface area is 160 Å². The molecule has 10 heteroatoms. The Morgan fingerprint density at radius 3 is 2.67 bits per heavy atom. The Kier molecular flexibility index (Phi) is 6.93. The summed E-state index contributed by atoms with van der Waals surface area (Å²) in [5.41, 5.74) is -0.831. The zero-order valence-electron chi connectivity index (χ0n) is 14.5. The molecule has 1 amide bonds. The number of benzene rings is 1. The minimum absolute atomic E-state index is 0.00424. The highest BCUT2D eigenvalue weighted by molar-refractivity contribution is 7.91. The first-order chi connectivity index (χ1) is 12.5. The number of halogens is 4. The molecule has 27 heavy (non-hydrogen) atoms. The Morgan fingerprint density at radius 1 is 1.41 bits per heavy atom. The average Bonchev–Trinajstić information content (AvgIpc) is 2.93. The lowest BCUT2D eigenvalue weighted by Crippen LogP contribution is -2.42. The minimum Gasteiger partial charge on any atom is -0.383 e. The molecule has 1 aliphatic rings. The van der Waals surface area contributed by atoms with Gasteiger partial charge < -0.3 is 9.64 Å². The Bertz CT molecular complexity index is 824. The third-order valence-corrected chi connectivity index (χ3v) is 6.26. The molecule has 1 atom stereocenters. The highest BCUT2D eigenvalue weighted by Gasteiger charge is 2.34. The first kappa shape index (κ1) is 21.7. The number of nitrogens with zero attached hydrogens (tertiary/aromatic N) is 1. The predicted molar refractivity (Wildman–Crippen MR) is 96.1 cm³/mol. The van der Waals surface area contributed by atoms with Crippen molar-refractivity contribution >= 4 is 33.4 Å². The van der Waals surface area contributed by atoms with E-state index in [1.165, 1.54) is 24.2 Å². The maximum Gasteiger partial charge on any atom is 0.417 e. The van der Waals surface area contributed by atoms with Gasteiger partial charge in [-0.25, -0.2) is 8.42 Å². The van der Waals surface area contributed by atoms with Crippen molar-refractivity contribution in [3.63, 3.8) is 0 Å². The van der Waals surface area contributed by atoms with Crippen LogP contribution in [0.3, 0.4) is 0 Å². The summed E-state index contributed by atoms with van der Waals surface area (Å²) in [5, 5.41) is -0.427. The summed E-state index contributed by atoms with van der Waals surface area (Å²) < 4.78 is 67.1. The maximum atomic E-state index is 12.9. The molecular weight excluding hydrogens is 407 g/mol. The van der Waals surface area contributed by atoms with Crippen LogP contribution < -0.4 is 0 Å². The van der Waals surface area contributed by atoms with Gasteiger partial charge in [-0.2, -0.15) is 13.2 Å². The summed E-state index contributed by atoms with van der Waals surface area (Å²) in [6.45, 7) is 0.406. The van der Waals surface area contributed by atoms with E-state index in [9.17, 15) is 26.4 Å². The molecule has 0 aliphatic carbocycles. The number of hydrogen-bond donors (Lipinski definition) is 0. The van der Waals surface area contributed by atoms with Crippen LogP contribution in [-0.2, 0) is 25.5 Å². The van der Waals surface area contributed by atoms with Crippen LogP contribution >= 0.6 is 11.6 Å². The summed E-state index contributed by atoms with van der Waals surface area (Å²) in [6.07, 6.45) is -1.90. The third kappa shape index (κ3) is 5.95. The topological polar surface area (TPSA) is 63.7 Å². The van der Waals surface area contributed by atoms with Crippen LogP contribution in [0.25, 0.3) is 6.08 Å². The molecule has 0 spiro atoms. The predicted octanol–water partition coefficient (Wildman–Crippen LogP) is 3.03. The summed E-state index contributed by atoms with van der Waals surface area (Å²) >= 11 is 5.57. The van der Waals surface area contributed by atoms with Gasteiger partial charge in [0.05, 0.1) is 28.7 Å². The normalized spacial score (nSPS) is 19.5. The Balaban J connectivity index is 2.19. The van der Waals surface area contributed by atoms with Gasteiger partial charge in [0.15, 0.2) is 9.84 Å². The minimum atomic E-state index is -4.60. The van der Waals surface area contributed by atoms with E-state index in [4.69, 9.17) is 16.3 Å². The first-order valence-corrected chi connectivity index (χ1v) is 10.3. The van der Waals surface area contributed by atoms with Crippen LogP contribution in [0.4, 0.5) is 13.2 Å². The van der Waals surface area contributed by atoms with Crippen molar-refractivity contribution in [3.8, 4) is 0 Å². The molecule has 1 aromatic carbocycles. The summed E-state index contributed by atoms with van der Waals surface area (Å²) in [7, 11) is -1.74. The van der Waals surface area contributed by atoms with Crippen LogP contribution in [0.5, 0.6) is 0 Å². The van der Waals surface area contributed by atoms with E-state index >= 15 is 0 Å². The van der Waals surface area contributed by atoms with Gasteiger partial charge in [-0.05, 0) is 30.2 Å². The second-order valence-electron chi connectivity index (χ2n) is 6.15. The highest BCUT2D eigenvalue weighted by atomic mass is 35.5. The Morgan fingerprint density at radius 2 is 2.11 bits per heavy atom. The SMILES string of the molecule is COCCN(C(=O)/C=C/c1ccc(Cl)c(C(F)(F)F)c1)C1CCS(=O)(=O)C1. The number of sulfone groups is 1. The molecule has 1 saturated heterocycles. The van der Waals surface area contributed by atoms with E-state index in [2.05, 4.69) is 0 Å². The molecule has 1 aromatic rings. The van der Waals surface area contributed by atoms with Gasteiger partial charge in [-0.3, -0.25) is 4.79 Å². The van der Waals surface area contributed by atoms with Gasteiger partial charge in [0, 0.05) is 25.8 Å². The van der Waals surface area contributed by atoms with Crippen molar-refractivity contribution in [1.29, 1.82) is 0 Å². The van der Waals surface area contributed by atoms with E-state index in [1.807, 2.05) is 0 Å². The van der Waals surface area contributed by atoms with Gasteiger partial charge >= 0.3 is 6.18 Å². The fourth-order valence-electron chi connectivity index (χ4n) is 2.81. The number of methoxy groups -OCH3 is 1. The molecule has 2 rings (SSSR count). The summed E-state index contributed by atoms with van der Waals surface area (Å²) in [6, 6.07) is 2.85. The van der Waals surface area contributed by atoms with E-state index in [0.29, 0.717) is 6.42 Å². The fraction of sp³-hybridized carbons (Fsp3) is 0.471. The van der Waals surface area contributed by atoms with Crippen LogP contribution in [0, 0.1) is 0 Å². The lowest BCUT2D eigenvalue weighted by atomic mass is 10.1. The molecule has 150 valence electrons. The van der Waals surface area contributed by atoms with Gasteiger partial charge in [0.2, 0.25) is 5.91 Å². The quantitative estimate of drug-likeness (QED) is 0.657. The molecule has 0 saturated carbocycles. The highest BCUT2D eigenvalue weighted by Crippen LogP contribution is 2.35. The van der Waals surface area contributed by atoms with Crippen molar-refractivity contribution in [3.05, 3.63) is 40.4 Å². The van der Waals surface area contributed by atoms with Crippen LogP contribution in [0.15, 0.2) is 24.3 Å². The molecule has 5 nitrogen and oxygen atoms in total. The molecule has 0 N–H and O–H groups in total. The van der Waals surface area contributed by atoms with E-state index in [1.54, 1.807) is 0 Å². The number of rotatable bonds is 6. The van der Waals surface area contributed by atoms with Crippen LogP contribution in [0.1, 0.15) is 17.5 Å². The van der Waals surface area contributed by atoms with Crippen molar-refractivity contribution in [2.75, 3.05) is 31.8 Å². The number of amides is 1. The smallest absolute Gasteiger partial charge is 0.383 e. The molecule has 1 heterocycles. The average molecular weight is 426 g/mol. The van der Waals surface area contributed by atoms with Crippen LogP contribution in [-0.4, -0.2) is 57.0 Å². The zero-order chi connectivity index (χ0) is 20.2. The van der Waals surface area contributed by atoms with Crippen molar-refractivity contribution in [2.24, 2.45) is 0 Å². The summed E-state index contributed by atoms with van der Waals surface area (Å²) in [5.74, 6) is -0.614. The molecule has 1 aliphatic heterocycles. The second kappa shape index (κ2) is 8.62. The number of alkyl halides is 3. The summed E-state index contributed by atoms with van der Waals surface area (Å²) in [4.78, 5) is 13.9. The monoisotopic (exact) mass is 425 g/mol. The van der Waals surface area contributed by atoms with Crippen molar-refractivity contribution in [2.45, 2.75) is 18.6 Å². The molecule has 1 unspecified atom stereocenters. The fourth-order valence-corrected chi connectivity index (χ4v) is 4.77. The lowest BCUT2D eigenvalue weighted by Gasteiger charge is -2.26. The van der Waals surface area contributed by atoms with E-state index < -0.39 is 38.5 Å². The second-order valence-corrected chi connectivity index (χ2v) is 8.79. The first-order valence-electron chi connectivity index (χ1n) is 8.08. The molecule has 0 aromatic heterocycles. The maximum absolute atomic E-state index is 12.9. The zero-order valence-corrected chi connectivity index (χ0v) is 16.1. The third-order valence-electron chi connectivity index (χ3n) is 4.18. The molecule has 0 radical (unpaired) electrons. The number of carbonyl (C=O) groups excluding carboxylic acids is 1. The van der Waals surface area contributed by atoms with Crippen LogP contribution in [0.2, 0.25) is 5.02 Å². The number of hydrogen-bond acceptors (Lipinski definition) is 4. The van der Waals surface area contributed by atoms with Gasteiger partial charge in [0.1, 0.15) is 0 Å². The molecule has 0 bridgehead atoms. The molecule has 1 fully saturated rings. The Hall–Kier alpha value is -1.58. The standard InChI is InChI=1S/C17H19ClF3NO4S/c1-26-8-7-22(13-6-9-27(24,25)11-13)16(23)5-3-12-2-4-15(18)14(10-12)17(19,20)21/h2-5,10,13H,6-9,11H2,1H3/b5-3+. The van der Waals surface area contributed by atoms with Crippen molar-refractivity contribution < 1.29 is 31.1 Å². The lowest BCUT2D eigenvalue weighted by molar-refractivity contribution is -0.137. The largest absolute Gasteiger partial charge is 0.417 e. The van der Waals surface area contributed by atoms with E-state index in [0.717, 1.165) is 18.2 Å². The number of carbonyl (C=O) groups is 1. The molecular formula is C17H19ClF3NO4S. The van der Waals surface area contributed by atoms with Crippen molar-refractivity contribution in [1.82, 2.24) is 4.90 Å². The number of ether oxygens (including phenoxy) is 1. The van der Waals surface area contributed by atoms with Gasteiger partial charge in [0.25, 0.3) is 0 Å². The van der Waals surface area contributed by atoms with Gasteiger partial charge in [-0.1, -0.05) is 17.7 Å². The van der Waals surface area contributed by atoms with E-state index in [-0.39, 0.29) is 30.2 Å². The van der Waals surface area contributed by atoms with Gasteiger partial charge in [-0.15, -0.1) is 0 Å².